The number of piperazine rings is 1. The van der Waals surface area contributed by atoms with Gasteiger partial charge in [0, 0.05) is 26.2 Å². The number of nitrogens with one attached hydrogen (secondary N) is 1. The van der Waals surface area contributed by atoms with E-state index in [1.807, 2.05) is 60.4 Å². The first-order chi connectivity index (χ1) is 15.6. The number of oxime groups is 1. The van der Waals surface area contributed by atoms with Crippen LogP contribution in [0.25, 0.3) is 11.1 Å². The van der Waals surface area contributed by atoms with Crippen molar-refractivity contribution in [1.29, 1.82) is 0 Å². The van der Waals surface area contributed by atoms with Crippen molar-refractivity contribution in [2.45, 2.75) is 13.8 Å². The monoisotopic (exact) mass is 439 g/mol. The third kappa shape index (κ3) is 6.81. The molecule has 32 heavy (non-hydrogen) atoms. The number of hydrogen-bond acceptors (Lipinski definition) is 7. The van der Waals surface area contributed by atoms with Gasteiger partial charge in [0.05, 0.1) is 12.3 Å². The lowest BCUT2D eigenvalue weighted by molar-refractivity contribution is -0.148. The van der Waals surface area contributed by atoms with Gasteiger partial charge >= 0.3 is 5.97 Å². The Kier molecular flexibility index (Phi) is 8.62. The summed E-state index contributed by atoms with van der Waals surface area (Å²) in [7, 11) is 0. The predicted molar refractivity (Wildman–Crippen MR) is 122 cm³/mol. The van der Waals surface area contributed by atoms with Gasteiger partial charge in [-0.05, 0) is 42.7 Å². The van der Waals surface area contributed by atoms with Crippen molar-refractivity contribution in [2.75, 3.05) is 46.0 Å². The van der Waals surface area contributed by atoms with Crippen molar-refractivity contribution in [1.82, 2.24) is 10.2 Å². The van der Waals surface area contributed by atoms with Crippen molar-refractivity contribution in [3.8, 4) is 16.9 Å². The molecule has 0 aromatic heterocycles. The second kappa shape index (κ2) is 11.9. The smallest absolute Gasteiger partial charge is 0.347 e. The van der Waals surface area contributed by atoms with E-state index in [1.165, 1.54) is 0 Å². The van der Waals surface area contributed by atoms with Crippen LogP contribution in [-0.2, 0) is 19.2 Å². The highest BCUT2D eigenvalue weighted by Gasteiger charge is 2.16. The Bertz CT molecular complexity index is 937. The van der Waals surface area contributed by atoms with Crippen LogP contribution >= 0.6 is 0 Å². The molecule has 0 spiro atoms. The molecule has 1 aliphatic heterocycles. The summed E-state index contributed by atoms with van der Waals surface area (Å²) in [5, 5.41) is 7.20. The van der Waals surface area contributed by atoms with Gasteiger partial charge in [-0.2, -0.15) is 0 Å². The maximum Gasteiger partial charge on any atom is 0.347 e. The van der Waals surface area contributed by atoms with Gasteiger partial charge in [-0.1, -0.05) is 41.6 Å². The summed E-state index contributed by atoms with van der Waals surface area (Å²) in [5.74, 6) is 0.206. The Morgan fingerprint density at radius 1 is 1.03 bits per heavy atom. The molecule has 0 aliphatic carbocycles. The number of hydrogen-bond donors (Lipinski definition) is 1. The standard InChI is InChI=1S/C24H29N3O5/c1-3-30-24(29)17-32-26-18(2)19-7-9-20(10-8-19)21-5-4-6-22(15-21)31-16-23(28)27-13-11-25-12-14-27/h4-10,15,25H,3,11-14,16-17H2,1-2H3. The molecular weight excluding hydrogens is 410 g/mol. The van der Waals surface area contributed by atoms with Gasteiger partial charge in [-0.25, -0.2) is 4.79 Å². The van der Waals surface area contributed by atoms with Gasteiger partial charge in [0.15, 0.2) is 6.61 Å². The van der Waals surface area contributed by atoms with Gasteiger partial charge in [-0.3, -0.25) is 4.79 Å². The molecule has 1 heterocycles. The van der Waals surface area contributed by atoms with Gasteiger partial charge in [0.25, 0.3) is 5.91 Å². The fourth-order valence-electron chi connectivity index (χ4n) is 3.26. The Balaban J connectivity index is 1.57. The molecule has 8 nitrogen and oxygen atoms in total. The molecule has 1 fully saturated rings. The number of carbonyl (C=O) groups is 2. The zero-order valence-corrected chi connectivity index (χ0v) is 18.5. The number of nitrogens with zero attached hydrogens (tertiary/aromatic N) is 2. The second-order valence-corrected chi connectivity index (χ2v) is 7.28. The van der Waals surface area contributed by atoms with Gasteiger partial charge in [0.2, 0.25) is 6.61 Å². The molecule has 3 rings (SSSR count). The lowest BCUT2D eigenvalue weighted by Crippen LogP contribution is -2.47. The predicted octanol–water partition coefficient (Wildman–Crippen LogP) is 2.47. The summed E-state index contributed by atoms with van der Waals surface area (Å²) in [6, 6.07) is 15.5. The Morgan fingerprint density at radius 2 is 1.78 bits per heavy atom. The van der Waals surface area contributed by atoms with Gasteiger partial charge < -0.3 is 24.5 Å². The molecule has 170 valence electrons. The number of amides is 1. The third-order valence-electron chi connectivity index (χ3n) is 4.99. The highest BCUT2D eigenvalue weighted by molar-refractivity contribution is 5.98. The number of esters is 1. The molecule has 0 unspecified atom stereocenters. The molecule has 1 N–H and O–H groups in total. The number of carbonyl (C=O) groups excluding carboxylic acids is 2. The van der Waals surface area contributed by atoms with E-state index in [4.69, 9.17) is 14.3 Å². The zero-order valence-electron chi connectivity index (χ0n) is 18.5. The summed E-state index contributed by atoms with van der Waals surface area (Å²) < 4.78 is 10.5. The minimum atomic E-state index is -0.448. The molecule has 1 aliphatic rings. The third-order valence-corrected chi connectivity index (χ3v) is 4.99. The van der Waals surface area contributed by atoms with E-state index in [0.29, 0.717) is 31.2 Å². The van der Waals surface area contributed by atoms with Crippen molar-refractivity contribution in [3.05, 3.63) is 54.1 Å². The molecule has 2 aromatic carbocycles. The molecule has 0 atom stereocenters. The van der Waals surface area contributed by atoms with Crippen LogP contribution in [0.5, 0.6) is 5.75 Å². The van der Waals surface area contributed by atoms with Crippen LogP contribution in [0.2, 0.25) is 0 Å². The van der Waals surface area contributed by atoms with E-state index in [-0.39, 0.29) is 19.1 Å². The van der Waals surface area contributed by atoms with Crippen LogP contribution in [0.3, 0.4) is 0 Å². The Hall–Kier alpha value is -3.39. The molecule has 1 amide bonds. The van der Waals surface area contributed by atoms with E-state index in [9.17, 15) is 9.59 Å². The maximum absolute atomic E-state index is 12.3. The largest absolute Gasteiger partial charge is 0.484 e. The van der Waals surface area contributed by atoms with Crippen LogP contribution in [0.15, 0.2) is 53.7 Å². The van der Waals surface area contributed by atoms with Crippen LogP contribution in [0, 0.1) is 0 Å². The number of rotatable bonds is 9. The SMILES string of the molecule is CCOC(=O)CON=C(C)c1ccc(-c2cccc(OCC(=O)N3CCNCC3)c2)cc1. The van der Waals surface area contributed by atoms with E-state index in [0.717, 1.165) is 29.8 Å². The Labute approximate surface area is 188 Å². The van der Waals surface area contributed by atoms with E-state index in [1.54, 1.807) is 6.92 Å². The highest BCUT2D eigenvalue weighted by Crippen LogP contribution is 2.24. The average molecular weight is 440 g/mol. The fourth-order valence-corrected chi connectivity index (χ4v) is 3.26. The maximum atomic E-state index is 12.3. The topological polar surface area (TPSA) is 89.5 Å². The molecular formula is C24H29N3O5. The van der Waals surface area contributed by atoms with Crippen molar-refractivity contribution in [2.24, 2.45) is 5.16 Å². The average Bonchev–Trinajstić information content (AvgIpc) is 2.83. The van der Waals surface area contributed by atoms with Crippen LogP contribution in [-0.4, -0.2) is 68.5 Å². The summed E-state index contributed by atoms with van der Waals surface area (Å²) in [4.78, 5) is 30.5. The summed E-state index contributed by atoms with van der Waals surface area (Å²) in [6.45, 7) is 6.74. The first kappa shape index (κ1) is 23.3. The van der Waals surface area contributed by atoms with Gasteiger partial charge in [-0.15, -0.1) is 0 Å². The van der Waals surface area contributed by atoms with Gasteiger partial charge in [0.1, 0.15) is 5.75 Å². The lowest BCUT2D eigenvalue weighted by atomic mass is 10.0. The Morgan fingerprint density at radius 3 is 2.50 bits per heavy atom. The first-order valence-corrected chi connectivity index (χ1v) is 10.7. The normalized spacial score (nSPS) is 14.1. The molecule has 0 saturated carbocycles. The summed E-state index contributed by atoms with van der Waals surface area (Å²) >= 11 is 0. The van der Waals surface area contributed by atoms with Crippen LogP contribution in [0.1, 0.15) is 19.4 Å². The second-order valence-electron chi connectivity index (χ2n) is 7.28. The molecule has 8 heteroatoms. The van der Waals surface area contributed by atoms with Crippen LogP contribution < -0.4 is 10.1 Å². The molecule has 1 saturated heterocycles. The minimum absolute atomic E-state index is 0.00111. The number of benzene rings is 2. The first-order valence-electron chi connectivity index (χ1n) is 10.7. The molecule has 2 aromatic rings. The van der Waals surface area contributed by atoms with E-state index in [2.05, 4.69) is 10.5 Å². The van der Waals surface area contributed by atoms with E-state index < -0.39 is 5.97 Å². The van der Waals surface area contributed by atoms with E-state index >= 15 is 0 Å². The minimum Gasteiger partial charge on any atom is -0.484 e. The van der Waals surface area contributed by atoms with Crippen molar-refractivity contribution in [3.63, 3.8) is 0 Å². The lowest BCUT2D eigenvalue weighted by Gasteiger charge is -2.27. The quantitative estimate of drug-likeness (QED) is 0.367. The van der Waals surface area contributed by atoms with Crippen molar-refractivity contribution < 1.29 is 23.9 Å². The van der Waals surface area contributed by atoms with Crippen LogP contribution in [0.4, 0.5) is 0 Å². The zero-order chi connectivity index (χ0) is 22.8. The summed E-state index contributed by atoms with van der Waals surface area (Å²) in [6.07, 6.45) is 0. The number of ether oxygens (including phenoxy) is 2. The fraction of sp³-hybridized carbons (Fsp3) is 0.375. The molecule has 0 radical (unpaired) electrons. The van der Waals surface area contributed by atoms with Crippen molar-refractivity contribution >= 4 is 17.6 Å². The highest BCUT2D eigenvalue weighted by atomic mass is 16.7. The molecule has 0 bridgehead atoms. The summed E-state index contributed by atoms with van der Waals surface area (Å²) in [5.41, 5.74) is 3.53.